The average molecular weight is 288 g/mol. The lowest BCUT2D eigenvalue weighted by atomic mass is 10.0. The van der Waals surface area contributed by atoms with Crippen molar-refractivity contribution in [1.82, 2.24) is 19.7 Å². The molecule has 0 aromatic carbocycles. The van der Waals surface area contributed by atoms with Crippen LogP contribution in [0.3, 0.4) is 0 Å². The predicted molar refractivity (Wildman–Crippen MR) is 86.2 cm³/mol. The Morgan fingerprint density at radius 2 is 1.90 bits per heavy atom. The van der Waals surface area contributed by atoms with Crippen molar-refractivity contribution in [2.24, 2.45) is 0 Å². The molecule has 21 heavy (non-hydrogen) atoms. The van der Waals surface area contributed by atoms with Crippen molar-refractivity contribution in [3.05, 3.63) is 30.1 Å². The number of piperidine rings is 1. The summed E-state index contributed by atoms with van der Waals surface area (Å²) in [6.45, 7) is 8.39. The van der Waals surface area contributed by atoms with Gasteiger partial charge in [0.2, 0.25) is 0 Å². The highest BCUT2D eigenvalue weighted by atomic mass is 15.3. The van der Waals surface area contributed by atoms with E-state index >= 15 is 0 Å². The first kappa shape index (κ1) is 14.9. The van der Waals surface area contributed by atoms with Crippen LogP contribution in [-0.4, -0.2) is 72.0 Å². The quantitative estimate of drug-likeness (QED) is 0.841. The van der Waals surface area contributed by atoms with Crippen LogP contribution in [-0.2, 0) is 6.54 Å². The molecule has 4 nitrogen and oxygen atoms in total. The molecule has 1 aromatic heterocycles. The highest BCUT2D eigenvalue weighted by molar-refractivity contribution is 5.08. The van der Waals surface area contributed by atoms with Crippen molar-refractivity contribution in [3.63, 3.8) is 0 Å². The topological polar surface area (TPSA) is 22.6 Å². The van der Waals surface area contributed by atoms with Gasteiger partial charge in [0.05, 0.1) is 0 Å². The summed E-state index contributed by atoms with van der Waals surface area (Å²) in [4.78, 5) is 12.0. The Hall–Kier alpha value is -0.970. The lowest BCUT2D eigenvalue weighted by molar-refractivity contribution is 0.0817. The minimum atomic E-state index is 0.781. The van der Waals surface area contributed by atoms with Gasteiger partial charge in [-0.05, 0) is 38.1 Å². The molecule has 3 rings (SSSR count). The number of aromatic nitrogens is 1. The number of likely N-dealkylation sites (N-methyl/N-ethyl adjacent to an activating group) is 1. The second-order valence-corrected chi connectivity index (χ2v) is 6.57. The van der Waals surface area contributed by atoms with E-state index in [1.54, 1.807) is 0 Å². The number of piperazine rings is 1. The molecule has 2 aliphatic heterocycles. The monoisotopic (exact) mass is 288 g/mol. The van der Waals surface area contributed by atoms with Crippen molar-refractivity contribution in [2.45, 2.75) is 31.8 Å². The largest absolute Gasteiger partial charge is 0.302 e. The van der Waals surface area contributed by atoms with Gasteiger partial charge >= 0.3 is 0 Å². The van der Waals surface area contributed by atoms with E-state index in [1.165, 1.54) is 64.1 Å². The van der Waals surface area contributed by atoms with E-state index in [-0.39, 0.29) is 0 Å². The first-order chi connectivity index (χ1) is 10.3. The Bertz CT molecular complexity index is 414. The van der Waals surface area contributed by atoms with Crippen LogP contribution in [0.4, 0.5) is 0 Å². The van der Waals surface area contributed by atoms with Crippen LogP contribution in [0.5, 0.6) is 0 Å². The third kappa shape index (κ3) is 4.25. The van der Waals surface area contributed by atoms with Gasteiger partial charge in [-0.3, -0.25) is 14.8 Å². The summed E-state index contributed by atoms with van der Waals surface area (Å²) in [5, 5.41) is 0. The molecule has 0 radical (unpaired) electrons. The van der Waals surface area contributed by atoms with Crippen molar-refractivity contribution in [1.29, 1.82) is 0 Å². The Balaban J connectivity index is 1.42. The van der Waals surface area contributed by atoms with E-state index in [1.807, 2.05) is 18.5 Å². The SMILES string of the molecule is CN1CCCC[C@H]1CN1CCN(Cc2cccnc2)CC1. The molecule has 2 fully saturated rings. The number of likely N-dealkylation sites (tertiary alicyclic amines) is 1. The van der Waals surface area contributed by atoms with Crippen molar-refractivity contribution < 1.29 is 0 Å². The van der Waals surface area contributed by atoms with Gasteiger partial charge in [0.15, 0.2) is 0 Å². The maximum absolute atomic E-state index is 4.21. The standard InChI is InChI=1S/C17H28N4/c1-19-8-3-2-6-17(19)15-21-11-9-20(10-12-21)14-16-5-4-7-18-13-16/h4-5,7,13,17H,2-3,6,8-12,14-15H2,1H3/t17-/m0/s1. The molecule has 2 aliphatic rings. The average Bonchev–Trinajstić information content (AvgIpc) is 2.52. The molecule has 2 saturated heterocycles. The second-order valence-electron chi connectivity index (χ2n) is 6.57. The summed E-state index contributed by atoms with van der Waals surface area (Å²) >= 11 is 0. The molecule has 1 atom stereocenters. The molecule has 0 spiro atoms. The van der Waals surface area contributed by atoms with E-state index < -0.39 is 0 Å². The molecule has 0 N–H and O–H groups in total. The molecular formula is C17H28N4. The molecule has 4 heteroatoms. The fourth-order valence-electron chi connectivity index (χ4n) is 3.55. The van der Waals surface area contributed by atoms with Crippen LogP contribution < -0.4 is 0 Å². The summed E-state index contributed by atoms with van der Waals surface area (Å²) in [7, 11) is 2.29. The van der Waals surface area contributed by atoms with Gasteiger partial charge < -0.3 is 4.90 Å². The van der Waals surface area contributed by atoms with Gasteiger partial charge in [0, 0.05) is 57.7 Å². The number of hydrogen-bond acceptors (Lipinski definition) is 4. The van der Waals surface area contributed by atoms with Gasteiger partial charge in [-0.25, -0.2) is 0 Å². The Morgan fingerprint density at radius 3 is 2.62 bits per heavy atom. The second kappa shape index (κ2) is 7.34. The number of pyridine rings is 1. The van der Waals surface area contributed by atoms with E-state index in [0.29, 0.717) is 0 Å². The molecule has 0 bridgehead atoms. The number of rotatable bonds is 4. The normalized spacial score (nSPS) is 26.0. The fraction of sp³-hybridized carbons (Fsp3) is 0.706. The molecule has 1 aromatic rings. The third-order valence-electron chi connectivity index (χ3n) is 4.98. The van der Waals surface area contributed by atoms with Crippen molar-refractivity contribution in [2.75, 3.05) is 46.3 Å². The number of hydrogen-bond donors (Lipinski definition) is 0. The summed E-state index contributed by atoms with van der Waals surface area (Å²) in [6.07, 6.45) is 8.01. The molecule has 0 unspecified atom stereocenters. The first-order valence-corrected chi connectivity index (χ1v) is 8.35. The molecule has 0 saturated carbocycles. The van der Waals surface area contributed by atoms with Crippen LogP contribution in [0.15, 0.2) is 24.5 Å². The smallest absolute Gasteiger partial charge is 0.0312 e. The minimum Gasteiger partial charge on any atom is -0.302 e. The van der Waals surface area contributed by atoms with Crippen LogP contribution in [0.25, 0.3) is 0 Å². The van der Waals surface area contributed by atoms with Crippen molar-refractivity contribution >= 4 is 0 Å². The zero-order valence-electron chi connectivity index (χ0n) is 13.2. The van der Waals surface area contributed by atoms with Gasteiger partial charge in [-0.15, -0.1) is 0 Å². The van der Waals surface area contributed by atoms with Gasteiger partial charge in [0.25, 0.3) is 0 Å². The van der Waals surface area contributed by atoms with E-state index in [4.69, 9.17) is 0 Å². The van der Waals surface area contributed by atoms with E-state index in [0.717, 1.165) is 12.6 Å². The van der Waals surface area contributed by atoms with Crippen LogP contribution >= 0.6 is 0 Å². The Kier molecular flexibility index (Phi) is 5.22. The molecule has 0 amide bonds. The third-order valence-corrected chi connectivity index (χ3v) is 4.98. The van der Waals surface area contributed by atoms with Crippen molar-refractivity contribution in [3.8, 4) is 0 Å². The van der Waals surface area contributed by atoms with Gasteiger partial charge in [-0.2, -0.15) is 0 Å². The Labute approximate surface area is 128 Å². The highest BCUT2D eigenvalue weighted by Gasteiger charge is 2.24. The molecule has 116 valence electrons. The summed E-state index contributed by atoms with van der Waals surface area (Å²) in [5.74, 6) is 0. The van der Waals surface area contributed by atoms with Gasteiger partial charge in [-0.1, -0.05) is 12.5 Å². The Morgan fingerprint density at radius 1 is 1.10 bits per heavy atom. The van der Waals surface area contributed by atoms with E-state index in [9.17, 15) is 0 Å². The summed E-state index contributed by atoms with van der Waals surface area (Å²) < 4.78 is 0. The lowest BCUT2D eigenvalue weighted by Gasteiger charge is -2.40. The minimum absolute atomic E-state index is 0.781. The molecule has 3 heterocycles. The van der Waals surface area contributed by atoms with Crippen LogP contribution in [0.1, 0.15) is 24.8 Å². The lowest BCUT2D eigenvalue weighted by Crippen LogP contribution is -2.51. The van der Waals surface area contributed by atoms with Gasteiger partial charge in [0.1, 0.15) is 0 Å². The molecular weight excluding hydrogens is 260 g/mol. The zero-order chi connectivity index (χ0) is 14.5. The summed E-state index contributed by atoms with van der Waals surface area (Å²) in [6, 6.07) is 4.99. The zero-order valence-corrected chi connectivity index (χ0v) is 13.2. The first-order valence-electron chi connectivity index (χ1n) is 8.35. The number of nitrogens with zero attached hydrogens (tertiary/aromatic N) is 4. The predicted octanol–water partition coefficient (Wildman–Crippen LogP) is 1.68. The van der Waals surface area contributed by atoms with Crippen LogP contribution in [0, 0.1) is 0 Å². The molecule has 0 aliphatic carbocycles. The fourth-order valence-corrected chi connectivity index (χ4v) is 3.55. The van der Waals surface area contributed by atoms with Crippen LogP contribution in [0.2, 0.25) is 0 Å². The summed E-state index contributed by atoms with van der Waals surface area (Å²) in [5.41, 5.74) is 1.33. The highest BCUT2D eigenvalue weighted by Crippen LogP contribution is 2.17. The maximum atomic E-state index is 4.21. The van der Waals surface area contributed by atoms with E-state index in [2.05, 4.69) is 32.8 Å². The maximum Gasteiger partial charge on any atom is 0.0312 e.